The molecule has 13 heteroatoms. The van der Waals surface area contributed by atoms with E-state index in [9.17, 15) is 35.1 Å². The van der Waals surface area contributed by atoms with Crippen LogP contribution in [0.5, 0.6) is 0 Å². The maximum absolute atomic E-state index is 14.5. The van der Waals surface area contributed by atoms with Gasteiger partial charge in [0, 0.05) is 0 Å². The Kier molecular flexibility index (Phi) is 10.0. The van der Waals surface area contributed by atoms with E-state index >= 15 is 0 Å². The van der Waals surface area contributed by atoms with Crippen LogP contribution in [-0.2, 0) is 32.2 Å². The molecule has 1 aliphatic heterocycles. The van der Waals surface area contributed by atoms with Crippen LogP contribution in [0.3, 0.4) is 0 Å². The summed E-state index contributed by atoms with van der Waals surface area (Å²) in [6.45, 7) is 15.8. The van der Waals surface area contributed by atoms with E-state index in [2.05, 4.69) is 70.2 Å². The van der Waals surface area contributed by atoms with Crippen molar-refractivity contribution >= 4 is 11.9 Å². The van der Waals surface area contributed by atoms with Crippen molar-refractivity contribution in [2.75, 3.05) is 6.61 Å². The normalized spacial score (nSPS) is 45.1. The fourth-order valence-corrected chi connectivity index (χ4v) is 12.9. The van der Waals surface area contributed by atoms with Crippen LogP contribution in [0.15, 0.2) is 17.8 Å². The summed E-state index contributed by atoms with van der Waals surface area (Å²) >= 11 is 0. The average molecular weight is 757 g/mol. The number of nitrogens with one attached hydrogen (secondary N) is 1. The number of hydrogen-bond donors (Lipinski definition) is 6. The van der Waals surface area contributed by atoms with E-state index in [1.807, 2.05) is 0 Å². The van der Waals surface area contributed by atoms with Gasteiger partial charge in [-0.15, -0.1) is 5.10 Å². The molecule has 302 valence electrons. The van der Waals surface area contributed by atoms with E-state index in [0.29, 0.717) is 17.5 Å². The Morgan fingerprint density at radius 3 is 2.37 bits per heavy atom. The highest BCUT2D eigenvalue weighted by Gasteiger charge is 2.69. The number of rotatable bonds is 7. The second kappa shape index (κ2) is 13.6. The van der Waals surface area contributed by atoms with Gasteiger partial charge in [-0.25, -0.2) is 4.68 Å². The molecule has 6 aliphatic rings. The Morgan fingerprint density at radius 2 is 1.65 bits per heavy atom. The number of carbonyl (C=O) groups is 2. The number of hydrogen-bond acceptors (Lipinski definition) is 11. The minimum absolute atomic E-state index is 0.0369. The number of amides is 1. The summed E-state index contributed by atoms with van der Waals surface area (Å²) in [6.07, 6.45) is 6.12. The summed E-state index contributed by atoms with van der Waals surface area (Å²) in [5.41, 5.74) is 1.43. The second-order valence-electron chi connectivity index (χ2n) is 20.0. The molecule has 4 saturated carbocycles. The average Bonchev–Trinajstić information content (AvgIpc) is 3.56. The molecule has 1 amide bonds. The van der Waals surface area contributed by atoms with Crippen LogP contribution in [0, 0.1) is 50.2 Å². The lowest BCUT2D eigenvalue weighted by Crippen LogP contribution is -2.65. The molecule has 5 aliphatic carbocycles. The quantitative estimate of drug-likeness (QED) is 0.176. The van der Waals surface area contributed by atoms with E-state index < -0.39 is 48.6 Å². The topological polar surface area (TPSA) is 196 Å². The van der Waals surface area contributed by atoms with Crippen molar-refractivity contribution in [2.24, 2.45) is 50.2 Å². The zero-order valence-corrected chi connectivity index (χ0v) is 33.3. The molecule has 7 rings (SSSR count). The third kappa shape index (κ3) is 6.09. The second-order valence-corrected chi connectivity index (χ2v) is 20.0. The first-order valence-electron chi connectivity index (χ1n) is 20.3. The van der Waals surface area contributed by atoms with E-state index in [-0.39, 0.29) is 58.2 Å². The van der Waals surface area contributed by atoms with Gasteiger partial charge >= 0.3 is 5.97 Å². The molecule has 0 radical (unpaired) electrons. The van der Waals surface area contributed by atoms with Gasteiger partial charge in [0.25, 0.3) is 0 Å². The molecule has 13 atom stereocenters. The van der Waals surface area contributed by atoms with E-state index in [1.54, 1.807) is 0 Å². The van der Waals surface area contributed by atoms with Crippen LogP contribution >= 0.6 is 0 Å². The summed E-state index contributed by atoms with van der Waals surface area (Å²) in [6, 6.07) is 0. The van der Waals surface area contributed by atoms with Gasteiger partial charge in [-0.2, -0.15) is 0 Å². The van der Waals surface area contributed by atoms with Gasteiger partial charge in [0.1, 0.15) is 43.3 Å². The minimum atomic E-state index is -1.61. The number of carbonyl (C=O) groups excluding carboxylic acids is 2. The molecular weight excluding hydrogens is 692 g/mol. The maximum Gasteiger partial charge on any atom is 0.313 e. The van der Waals surface area contributed by atoms with Gasteiger partial charge in [-0.3, -0.25) is 9.59 Å². The Labute approximate surface area is 319 Å². The van der Waals surface area contributed by atoms with Crippen molar-refractivity contribution in [1.82, 2.24) is 20.3 Å². The first kappa shape index (κ1) is 39.8. The number of fused-ring (bicyclic) bond motifs is 7. The third-order valence-corrected chi connectivity index (χ3v) is 16.5. The van der Waals surface area contributed by atoms with Crippen molar-refractivity contribution in [3.63, 3.8) is 0 Å². The Bertz CT molecular complexity index is 1640. The van der Waals surface area contributed by atoms with Crippen LogP contribution in [-0.4, -0.2) is 95.8 Å². The highest BCUT2D eigenvalue weighted by molar-refractivity contribution is 5.79. The molecule has 5 fully saturated rings. The molecule has 0 bridgehead atoms. The minimum Gasteiger partial charge on any atom is -0.459 e. The van der Waals surface area contributed by atoms with Crippen LogP contribution in [0.25, 0.3) is 0 Å². The Hall–Kier alpha value is -2.42. The molecule has 0 unspecified atom stereocenters. The molecular formula is C41H64N4O9. The summed E-state index contributed by atoms with van der Waals surface area (Å²) in [5.74, 6) is 0.288. The summed E-state index contributed by atoms with van der Waals surface area (Å²) < 4.78 is 12.8. The molecule has 54 heavy (non-hydrogen) atoms. The predicted octanol–water partition coefficient (Wildman–Crippen LogP) is 3.40. The van der Waals surface area contributed by atoms with Gasteiger partial charge in [-0.1, -0.05) is 65.3 Å². The molecule has 2 heterocycles. The van der Waals surface area contributed by atoms with Gasteiger partial charge in [0.2, 0.25) is 5.91 Å². The fourth-order valence-electron chi connectivity index (χ4n) is 12.9. The summed E-state index contributed by atoms with van der Waals surface area (Å²) in [7, 11) is 0. The highest BCUT2D eigenvalue weighted by Crippen LogP contribution is 2.75. The van der Waals surface area contributed by atoms with E-state index in [4.69, 9.17) is 9.47 Å². The number of ether oxygens (including phenoxy) is 2. The van der Waals surface area contributed by atoms with Gasteiger partial charge in [0.05, 0.1) is 24.3 Å². The number of esters is 1. The first-order chi connectivity index (χ1) is 25.2. The number of aromatic nitrogens is 3. The standard InChI is InChI=1S/C41H64N4O9/c1-36(2)14-16-41(35(52)53-22-23-19-45(44-43-23)20-30(48)42-34-33(51)32(50)31(49)26(21-46)54-34)17-15-39(6)24(25(41)18-36)8-9-28-38(5)12-11-29(47)37(3,4)27(38)10-13-40(28,39)7/h8,19,25-29,31-34,46-47,49-51H,9-18,20-22H2,1-7H3,(H,42,48)/t25-,26+,27-,28+,29-,31+,32-,33+,34+,38-,39+,40+,41-/m0/s1. The van der Waals surface area contributed by atoms with Gasteiger partial charge in [-0.05, 0) is 109 Å². The maximum atomic E-state index is 14.5. The van der Waals surface area contributed by atoms with Crippen molar-refractivity contribution in [3.8, 4) is 0 Å². The molecule has 0 spiro atoms. The summed E-state index contributed by atoms with van der Waals surface area (Å²) in [4.78, 5) is 27.3. The van der Waals surface area contributed by atoms with Crippen molar-refractivity contribution in [3.05, 3.63) is 23.5 Å². The number of aliphatic hydroxyl groups is 5. The van der Waals surface area contributed by atoms with Gasteiger partial charge < -0.3 is 40.3 Å². The molecule has 1 aromatic rings. The molecule has 0 aromatic carbocycles. The van der Waals surface area contributed by atoms with E-state index in [0.717, 1.165) is 64.2 Å². The van der Waals surface area contributed by atoms with Crippen molar-refractivity contribution in [1.29, 1.82) is 0 Å². The van der Waals surface area contributed by atoms with Gasteiger partial charge in [0.15, 0.2) is 6.23 Å². The lowest BCUT2D eigenvalue weighted by Gasteiger charge is -2.71. The Balaban J connectivity index is 1.06. The smallest absolute Gasteiger partial charge is 0.313 e. The zero-order valence-electron chi connectivity index (χ0n) is 33.3. The van der Waals surface area contributed by atoms with Crippen molar-refractivity contribution in [2.45, 2.75) is 163 Å². The molecule has 13 nitrogen and oxygen atoms in total. The van der Waals surface area contributed by atoms with E-state index in [1.165, 1.54) is 16.5 Å². The number of aliphatic hydroxyl groups excluding tert-OH is 5. The van der Waals surface area contributed by atoms with Crippen LogP contribution in [0.4, 0.5) is 0 Å². The number of nitrogens with zero attached hydrogens (tertiary/aromatic N) is 3. The Morgan fingerprint density at radius 1 is 0.926 bits per heavy atom. The molecule has 1 aromatic heterocycles. The van der Waals surface area contributed by atoms with Crippen molar-refractivity contribution < 1.29 is 44.6 Å². The van der Waals surface area contributed by atoms with Crippen LogP contribution in [0.2, 0.25) is 0 Å². The monoisotopic (exact) mass is 756 g/mol. The lowest BCUT2D eigenvalue weighted by atomic mass is 9.33. The predicted molar refractivity (Wildman–Crippen MR) is 197 cm³/mol. The molecule has 1 saturated heterocycles. The zero-order chi connectivity index (χ0) is 39.2. The fraction of sp³-hybridized carbons (Fsp3) is 0.854. The number of allylic oxidation sites excluding steroid dienone is 2. The molecule has 6 N–H and O–H groups in total. The SMILES string of the molecule is CC1(C)CC[C@]2(C(=O)OCc3cn(CC(=O)N[C@@H]4O[C@H](CO)[C@@H](O)[C@H](O)[C@H]4O)nn3)CC[C@]3(C)C(=CC[C@@H]4[C@@]5(C)CC[C@H](O)C(C)(C)[C@@H]5CC[C@]43C)[C@@H]2C1. The lowest BCUT2D eigenvalue weighted by molar-refractivity contribution is -0.236. The largest absolute Gasteiger partial charge is 0.459 e. The first-order valence-corrected chi connectivity index (χ1v) is 20.3. The van der Waals surface area contributed by atoms with Crippen LogP contribution in [0.1, 0.15) is 118 Å². The highest BCUT2D eigenvalue weighted by atomic mass is 16.6. The third-order valence-electron chi connectivity index (χ3n) is 16.5. The van der Waals surface area contributed by atoms with Crippen LogP contribution < -0.4 is 5.32 Å². The summed E-state index contributed by atoms with van der Waals surface area (Å²) in [5, 5.41) is 61.5.